The SMILES string of the molecule is CCCCCCOc1ccc(Br)cc1C(=O)NC(=S)Nc1ccc(S(=O)(=O)N2CCOCC2)cc1. The average molecular weight is 585 g/mol. The third-order valence-corrected chi connectivity index (χ3v) is 8.00. The summed E-state index contributed by atoms with van der Waals surface area (Å²) in [5, 5.41) is 5.67. The number of nitrogens with one attached hydrogen (secondary N) is 2. The van der Waals surface area contributed by atoms with Gasteiger partial charge in [-0.3, -0.25) is 10.1 Å². The molecule has 3 rings (SSSR count). The van der Waals surface area contributed by atoms with E-state index in [1.165, 1.54) is 16.4 Å². The molecule has 0 bridgehead atoms. The molecule has 1 amide bonds. The topological polar surface area (TPSA) is 97.0 Å². The molecule has 2 N–H and O–H groups in total. The molecule has 1 saturated heterocycles. The number of unbranched alkanes of at least 4 members (excludes halogenated alkanes) is 3. The fourth-order valence-electron chi connectivity index (χ4n) is 3.50. The summed E-state index contributed by atoms with van der Waals surface area (Å²) >= 11 is 8.69. The highest BCUT2D eigenvalue weighted by atomic mass is 79.9. The van der Waals surface area contributed by atoms with Crippen molar-refractivity contribution in [2.75, 3.05) is 38.2 Å². The molecule has 1 heterocycles. The Labute approximate surface area is 220 Å². The summed E-state index contributed by atoms with van der Waals surface area (Å²) in [6.45, 7) is 4.12. The van der Waals surface area contributed by atoms with Crippen LogP contribution in [0.15, 0.2) is 51.8 Å². The number of carbonyl (C=O) groups excluding carboxylic acids is 1. The van der Waals surface area contributed by atoms with Crippen LogP contribution < -0.4 is 15.4 Å². The summed E-state index contributed by atoms with van der Waals surface area (Å²) < 4.78 is 38.7. The van der Waals surface area contributed by atoms with Gasteiger partial charge in [0.25, 0.3) is 5.91 Å². The Morgan fingerprint density at radius 3 is 2.51 bits per heavy atom. The highest BCUT2D eigenvalue weighted by Crippen LogP contribution is 2.24. The molecule has 1 aliphatic rings. The fourth-order valence-corrected chi connectivity index (χ4v) is 5.48. The number of rotatable bonds is 10. The Balaban J connectivity index is 1.59. The summed E-state index contributed by atoms with van der Waals surface area (Å²) in [6, 6.07) is 11.5. The van der Waals surface area contributed by atoms with E-state index in [1.807, 2.05) is 6.07 Å². The number of nitrogens with zero attached hydrogens (tertiary/aromatic N) is 1. The lowest BCUT2D eigenvalue weighted by Crippen LogP contribution is -2.40. The lowest BCUT2D eigenvalue weighted by atomic mass is 10.2. The minimum atomic E-state index is -3.58. The van der Waals surface area contributed by atoms with Crippen molar-refractivity contribution in [3.63, 3.8) is 0 Å². The van der Waals surface area contributed by atoms with Crippen molar-refractivity contribution in [1.29, 1.82) is 0 Å². The normalized spacial score (nSPS) is 14.3. The first-order valence-corrected chi connectivity index (χ1v) is 14.2. The summed E-state index contributed by atoms with van der Waals surface area (Å²) in [5.41, 5.74) is 0.920. The van der Waals surface area contributed by atoms with Crippen LogP contribution in [-0.4, -0.2) is 56.7 Å². The van der Waals surface area contributed by atoms with E-state index >= 15 is 0 Å². The van der Waals surface area contributed by atoms with Gasteiger partial charge in [0.1, 0.15) is 5.75 Å². The van der Waals surface area contributed by atoms with Gasteiger partial charge in [0, 0.05) is 23.2 Å². The summed E-state index contributed by atoms with van der Waals surface area (Å²) in [5.74, 6) is 0.0848. The predicted octanol–water partition coefficient (Wildman–Crippen LogP) is 4.56. The second-order valence-corrected chi connectivity index (χ2v) is 11.3. The van der Waals surface area contributed by atoms with Gasteiger partial charge in [-0.2, -0.15) is 4.31 Å². The van der Waals surface area contributed by atoms with E-state index in [1.54, 1.807) is 24.3 Å². The lowest BCUT2D eigenvalue weighted by Gasteiger charge is -2.26. The van der Waals surface area contributed by atoms with Crippen molar-refractivity contribution in [1.82, 2.24) is 9.62 Å². The van der Waals surface area contributed by atoms with Crippen molar-refractivity contribution in [2.45, 2.75) is 37.5 Å². The molecular formula is C24H30BrN3O5S2. The zero-order chi connectivity index (χ0) is 25.3. The summed E-state index contributed by atoms with van der Waals surface area (Å²) in [4.78, 5) is 13.1. The van der Waals surface area contributed by atoms with E-state index in [9.17, 15) is 13.2 Å². The number of halogens is 1. The number of sulfonamides is 1. The predicted molar refractivity (Wildman–Crippen MR) is 143 cm³/mol. The van der Waals surface area contributed by atoms with E-state index in [4.69, 9.17) is 21.7 Å². The zero-order valence-electron chi connectivity index (χ0n) is 19.6. The van der Waals surface area contributed by atoms with Gasteiger partial charge >= 0.3 is 0 Å². The van der Waals surface area contributed by atoms with E-state index in [0.29, 0.717) is 49.9 Å². The Hall–Kier alpha value is -2.05. The van der Waals surface area contributed by atoms with Crippen LogP contribution in [0, 0.1) is 0 Å². The maximum absolute atomic E-state index is 12.9. The van der Waals surface area contributed by atoms with Crippen molar-refractivity contribution >= 4 is 54.9 Å². The first kappa shape index (κ1) is 27.5. The van der Waals surface area contributed by atoms with E-state index < -0.39 is 15.9 Å². The number of amides is 1. The van der Waals surface area contributed by atoms with Gasteiger partial charge < -0.3 is 14.8 Å². The minimum absolute atomic E-state index is 0.0904. The monoisotopic (exact) mass is 583 g/mol. The van der Waals surface area contributed by atoms with Crippen LogP contribution in [0.1, 0.15) is 43.0 Å². The fraction of sp³-hybridized carbons (Fsp3) is 0.417. The molecular weight excluding hydrogens is 554 g/mol. The van der Waals surface area contributed by atoms with Crippen LogP contribution in [-0.2, 0) is 14.8 Å². The smallest absolute Gasteiger partial charge is 0.261 e. The van der Waals surface area contributed by atoms with E-state index in [2.05, 4.69) is 33.5 Å². The Morgan fingerprint density at radius 2 is 1.83 bits per heavy atom. The number of anilines is 1. The molecule has 0 aliphatic carbocycles. The van der Waals surface area contributed by atoms with Gasteiger partial charge in [0.05, 0.1) is 30.3 Å². The second kappa shape index (κ2) is 13.3. The molecule has 0 unspecified atom stereocenters. The molecule has 0 saturated carbocycles. The lowest BCUT2D eigenvalue weighted by molar-refractivity contribution is 0.0730. The Bertz CT molecular complexity index is 1120. The standard InChI is InChI=1S/C24H30BrN3O5S2/c1-2-3-4-5-14-33-22-11-6-18(25)17-21(22)23(29)27-24(34)26-19-7-9-20(10-8-19)35(30,31)28-12-15-32-16-13-28/h6-11,17H,2-5,12-16H2,1H3,(H2,26,27,29,34). The second-order valence-electron chi connectivity index (χ2n) is 8.00. The molecule has 0 aromatic heterocycles. The molecule has 0 radical (unpaired) electrons. The van der Waals surface area contributed by atoms with Crippen LogP contribution in [0.25, 0.3) is 0 Å². The summed E-state index contributed by atoms with van der Waals surface area (Å²) in [7, 11) is -3.58. The van der Waals surface area contributed by atoms with Crippen molar-refractivity contribution < 1.29 is 22.7 Å². The van der Waals surface area contributed by atoms with Gasteiger partial charge in [-0.25, -0.2) is 8.42 Å². The van der Waals surface area contributed by atoms with Crippen LogP contribution in [0.4, 0.5) is 5.69 Å². The highest BCUT2D eigenvalue weighted by Gasteiger charge is 2.26. The minimum Gasteiger partial charge on any atom is -0.493 e. The zero-order valence-corrected chi connectivity index (χ0v) is 22.8. The third-order valence-electron chi connectivity index (χ3n) is 5.39. The molecule has 11 heteroatoms. The van der Waals surface area contributed by atoms with E-state index in [-0.39, 0.29) is 10.0 Å². The van der Waals surface area contributed by atoms with Crippen molar-refractivity contribution in [2.24, 2.45) is 0 Å². The molecule has 8 nitrogen and oxygen atoms in total. The average Bonchev–Trinajstić information content (AvgIpc) is 2.85. The Morgan fingerprint density at radius 1 is 1.11 bits per heavy atom. The maximum atomic E-state index is 12.9. The number of hydrogen-bond donors (Lipinski definition) is 2. The molecule has 1 fully saturated rings. The van der Waals surface area contributed by atoms with Gasteiger partial charge in [-0.05, 0) is 61.1 Å². The first-order chi connectivity index (χ1) is 16.8. The molecule has 190 valence electrons. The highest BCUT2D eigenvalue weighted by molar-refractivity contribution is 9.10. The van der Waals surface area contributed by atoms with Crippen LogP contribution in [0.5, 0.6) is 5.75 Å². The summed E-state index contributed by atoms with van der Waals surface area (Å²) in [6.07, 6.45) is 4.29. The number of thiocarbonyl (C=S) groups is 1. The number of hydrogen-bond acceptors (Lipinski definition) is 6. The number of morpholine rings is 1. The first-order valence-electron chi connectivity index (χ1n) is 11.5. The molecule has 35 heavy (non-hydrogen) atoms. The molecule has 2 aromatic rings. The largest absolute Gasteiger partial charge is 0.493 e. The third kappa shape index (κ3) is 7.97. The molecule has 0 spiro atoms. The molecule has 0 atom stereocenters. The van der Waals surface area contributed by atoms with Crippen molar-refractivity contribution in [3.05, 3.63) is 52.5 Å². The van der Waals surface area contributed by atoms with Gasteiger partial charge in [-0.1, -0.05) is 42.1 Å². The number of benzene rings is 2. The van der Waals surface area contributed by atoms with Crippen molar-refractivity contribution in [3.8, 4) is 5.75 Å². The molecule has 2 aromatic carbocycles. The Kier molecular flexibility index (Phi) is 10.5. The van der Waals surface area contributed by atoms with Gasteiger partial charge in [0.2, 0.25) is 10.0 Å². The van der Waals surface area contributed by atoms with Crippen LogP contribution in [0.2, 0.25) is 0 Å². The van der Waals surface area contributed by atoms with E-state index in [0.717, 1.165) is 30.2 Å². The van der Waals surface area contributed by atoms with Crippen LogP contribution >= 0.6 is 28.1 Å². The number of ether oxygens (including phenoxy) is 2. The quantitative estimate of drug-likeness (QED) is 0.312. The molecule has 1 aliphatic heterocycles. The van der Waals surface area contributed by atoms with Gasteiger partial charge in [-0.15, -0.1) is 0 Å². The number of carbonyl (C=O) groups is 1. The van der Waals surface area contributed by atoms with Gasteiger partial charge in [0.15, 0.2) is 5.11 Å². The maximum Gasteiger partial charge on any atom is 0.261 e. The van der Waals surface area contributed by atoms with Crippen LogP contribution in [0.3, 0.4) is 0 Å².